The molecule has 1 aromatic heterocycles. The summed E-state index contributed by atoms with van der Waals surface area (Å²) in [5, 5.41) is 3.09. The van der Waals surface area contributed by atoms with Crippen molar-refractivity contribution in [3.63, 3.8) is 0 Å². The Morgan fingerprint density at radius 1 is 1.33 bits per heavy atom. The second-order valence-corrected chi connectivity index (χ2v) is 6.82. The first-order chi connectivity index (χ1) is 11.7. The molecule has 2 bridgehead atoms. The van der Waals surface area contributed by atoms with Crippen LogP contribution in [-0.2, 0) is 4.74 Å². The Kier molecular flexibility index (Phi) is 3.00. The molecular weight excluding hydrogens is 308 g/mol. The van der Waals surface area contributed by atoms with Gasteiger partial charge in [0.2, 0.25) is 0 Å². The average molecular weight is 328 g/mol. The van der Waals surface area contributed by atoms with E-state index in [1.165, 1.54) is 25.9 Å². The van der Waals surface area contributed by atoms with Crippen molar-refractivity contribution in [2.75, 3.05) is 38.6 Å². The van der Waals surface area contributed by atoms with E-state index < -0.39 is 0 Å². The Morgan fingerprint density at radius 3 is 2.96 bits per heavy atom. The van der Waals surface area contributed by atoms with E-state index in [0.717, 1.165) is 17.8 Å². The summed E-state index contributed by atoms with van der Waals surface area (Å²) in [6.45, 7) is 4.05. The van der Waals surface area contributed by atoms with Crippen molar-refractivity contribution < 1.29 is 13.9 Å². The molecule has 1 spiro atoms. The lowest BCUT2D eigenvalue weighted by Gasteiger charge is -2.50. The fraction of sp³-hybridized carbons (Fsp3) is 0.529. The molecule has 0 amide bonds. The van der Waals surface area contributed by atoms with E-state index in [2.05, 4.69) is 20.2 Å². The number of fused-ring (bicyclic) bond motifs is 3. The zero-order valence-corrected chi connectivity index (χ0v) is 13.6. The van der Waals surface area contributed by atoms with Crippen molar-refractivity contribution in [2.24, 2.45) is 10.9 Å². The molecule has 7 nitrogen and oxygen atoms in total. The lowest BCUT2D eigenvalue weighted by molar-refractivity contribution is -0.0829. The van der Waals surface area contributed by atoms with E-state index in [-0.39, 0.29) is 5.60 Å². The quantitative estimate of drug-likeness (QED) is 0.910. The molecule has 5 heterocycles. The van der Waals surface area contributed by atoms with Crippen LogP contribution in [0.25, 0.3) is 11.1 Å². The van der Waals surface area contributed by atoms with Gasteiger partial charge >= 0.3 is 6.01 Å². The van der Waals surface area contributed by atoms with Gasteiger partial charge < -0.3 is 13.9 Å². The molecule has 3 saturated heterocycles. The number of amidine groups is 1. The standard InChI is InChI=1S/C17H20N4O3/c1-22-12-2-3-13-14(8-12)23-16(19-13)20-15-18-9-17(24-15)10-21-6-4-11(17)5-7-21/h2-3,8,11H,4-7,9-10H2,1H3,(H,18,19,20). The number of piperidine rings is 3. The Hall–Kier alpha value is -2.28. The maximum atomic E-state index is 6.24. The number of methoxy groups -OCH3 is 1. The molecule has 2 aromatic rings. The summed E-state index contributed by atoms with van der Waals surface area (Å²) < 4.78 is 17.2. The van der Waals surface area contributed by atoms with Crippen LogP contribution in [0.2, 0.25) is 0 Å². The van der Waals surface area contributed by atoms with Crippen LogP contribution in [0.1, 0.15) is 12.8 Å². The van der Waals surface area contributed by atoms with Crippen LogP contribution in [-0.4, -0.2) is 54.8 Å². The molecule has 1 aromatic carbocycles. The molecule has 4 aliphatic heterocycles. The van der Waals surface area contributed by atoms with Crippen LogP contribution < -0.4 is 10.1 Å². The van der Waals surface area contributed by atoms with E-state index in [1.807, 2.05) is 18.2 Å². The van der Waals surface area contributed by atoms with Gasteiger partial charge in [-0.25, -0.2) is 4.99 Å². The van der Waals surface area contributed by atoms with Crippen molar-refractivity contribution in [3.8, 4) is 5.75 Å². The average Bonchev–Trinajstić information content (AvgIpc) is 3.19. The fourth-order valence-electron chi connectivity index (χ4n) is 4.12. The molecule has 1 atom stereocenters. The van der Waals surface area contributed by atoms with E-state index in [0.29, 0.717) is 30.1 Å². The maximum Gasteiger partial charge on any atom is 0.303 e. The zero-order chi connectivity index (χ0) is 16.1. The first-order valence-corrected chi connectivity index (χ1v) is 8.41. The highest BCUT2D eigenvalue weighted by atomic mass is 16.5. The van der Waals surface area contributed by atoms with Gasteiger partial charge in [0.15, 0.2) is 5.58 Å². The first kappa shape index (κ1) is 14.1. The number of aromatic nitrogens is 1. The highest BCUT2D eigenvalue weighted by Crippen LogP contribution is 2.41. The zero-order valence-electron chi connectivity index (χ0n) is 13.6. The molecule has 1 unspecified atom stereocenters. The highest BCUT2D eigenvalue weighted by molar-refractivity contribution is 5.90. The third-order valence-electron chi connectivity index (χ3n) is 5.42. The normalized spacial score (nSPS) is 31.3. The van der Waals surface area contributed by atoms with Crippen LogP contribution in [0, 0.1) is 5.92 Å². The van der Waals surface area contributed by atoms with Gasteiger partial charge in [-0.05, 0) is 38.1 Å². The second kappa shape index (κ2) is 5.11. The second-order valence-electron chi connectivity index (χ2n) is 6.82. The minimum Gasteiger partial charge on any atom is -0.497 e. The number of anilines is 1. The van der Waals surface area contributed by atoms with Gasteiger partial charge in [-0.3, -0.25) is 10.2 Å². The Balaban J connectivity index is 1.34. The number of oxazole rings is 1. The van der Waals surface area contributed by atoms with Crippen molar-refractivity contribution in [1.82, 2.24) is 9.88 Å². The number of rotatable bonds is 2. The summed E-state index contributed by atoms with van der Waals surface area (Å²) in [5.41, 5.74) is 1.29. The molecule has 0 radical (unpaired) electrons. The van der Waals surface area contributed by atoms with Crippen molar-refractivity contribution in [1.29, 1.82) is 0 Å². The Bertz CT molecular complexity index is 809. The van der Waals surface area contributed by atoms with Gasteiger partial charge in [0.05, 0.1) is 13.7 Å². The third kappa shape index (κ3) is 2.15. The number of benzene rings is 1. The summed E-state index contributed by atoms with van der Waals surface area (Å²) in [4.78, 5) is 11.5. The van der Waals surface area contributed by atoms with Gasteiger partial charge in [0.1, 0.15) is 16.9 Å². The van der Waals surface area contributed by atoms with Crippen LogP contribution in [0.3, 0.4) is 0 Å². The van der Waals surface area contributed by atoms with Crippen molar-refractivity contribution >= 4 is 23.1 Å². The van der Waals surface area contributed by atoms with Crippen molar-refractivity contribution in [2.45, 2.75) is 18.4 Å². The first-order valence-electron chi connectivity index (χ1n) is 8.41. The molecule has 7 heteroatoms. The smallest absolute Gasteiger partial charge is 0.303 e. The molecular formula is C17H20N4O3. The summed E-state index contributed by atoms with van der Waals surface area (Å²) in [6, 6.07) is 6.47. The van der Waals surface area contributed by atoms with Crippen LogP contribution in [0.4, 0.5) is 6.01 Å². The largest absolute Gasteiger partial charge is 0.497 e. The lowest BCUT2D eigenvalue weighted by atomic mass is 9.75. The molecule has 6 rings (SSSR count). The number of ether oxygens (including phenoxy) is 2. The Morgan fingerprint density at radius 2 is 2.21 bits per heavy atom. The topological polar surface area (TPSA) is 72.1 Å². The molecule has 1 N–H and O–H groups in total. The molecule has 24 heavy (non-hydrogen) atoms. The summed E-state index contributed by atoms with van der Waals surface area (Å²) in [6.07, 6.45) is 2.40. The van der Waals surface area contributed by atoms with Crippen LogP contribution in [0.5, 0.6) is 5.75 Å². The lowest BCUT2D eigenvalue weighted by Crippen LogP contribution is -2.61. The minimum atomic E-state index is -0.159. The fourth-order valence-corrected chi connectivity index (χ4v) is 4.12. The molecule has 4 aliphatic rings. The van der Waals surface area contributed by atoms with Gasteiger partial charge in [0.25, 0.3) is 6.02 Å². The summed E-state index contributed by atoms with van der Waals surface area (Å²) in [7, 11) is 1.63. The minimum absolute atomic E-state index is 0.159. The molecule has 3 fully saturated rings. The van der Waals surface area contributed by atoms with E-state index in [9.17, 15) is 0 Å². The monoisotopic (exact) mass is 328 g/mol. The number of hydrogen-bond donors (Lipinski definition) is 1. The van der Waals surface area contributed by atoms with E-state index >= 15 is 0 Å². The molecule has 126 valence electrons. The van der Waals surface area contributed by atoms with Crippen molar-refractivity contribution in [3.05, 3.63) is 18.2 Å². The van der Waals surface area contributed by atoms with Gasteiger partial charge in [-0.1, -0.05) is 0 Å². The molecule has 0 saturated carbocycles. The van der Waals surface area contributed by atoms with Gasteiger partial charge in [0, 0.05) is 18.5 Å². The number of nitrogens with one attached hydrogen (secondary N) is 1. The Labute approximate surface area is 139 Å². The predicted octanol–water partition coefficient (Wildman–Crippen LogP) is 2.10. The number of nitrogens with zero attached hydrogens (tertiary/aromatic N) is 3. The van der Waals surface area contributed by atoms with Gasteiger partial charge in [-0.2, -0.15) is 4.98 Å². The number of hydrogen-bond acceptors (Lipinski definition) is 7. The van der Waals surface area contributed by atoms with E-state index in [1.54, 1.807) is 7.11 Å². The van der Waals surface area contributed by atoms with E-state index in [4.69, 9.17) is 13.9 Å². The summed E-state index contributed by atoms with van der Waals surface area (Å²) >= 11 is 0. The predicted molar refractivity (Wildman–Crippen MR) is 89.5 cm³/mol. The SMILES string of the molecule is COc1ccc2nc(NC3=NCC4(CN5CCC4CC5)O3)oc2c1. The van der Waals surface area contributed by atoms with Crippen LogP contribution >= 0.6 is 0 Å². The summed E-state index contributed by atoms with van der Waals surface area (Å²) in [5.74, 6) is 1.34. The molecule has 0 aliphatic carbocycles. The van der Waals surface area contributed by atoms with Gasteiger partial charge in [-0.15, -0.1) is 0 Å². The maximum absolute atomic E-state index is 6.24. The van der Waals surface area contributed by atoms with Crippen LogP contribution in [0.15, 0.2) is 27.6 Å². The number of aliphatic imine (C=N–C) groups is 1. The highest BCUT2D eigenvalue weighted by Gasteiger charge is 2.51. The third-order valence-corrected chi connectivity index (χ3v) is 5.42.